The quantitative estimate of drug-likeness (QED) is 0.520. The van der Waals surface area contributed by atoms with Crippen molar-refractivity contribution in [3.63, 3.8) is 0 Å². The second-order valence-electron chi connectivity index (χ2n) is 2.04. The number of hydrogen-bond donors (Lipinski definition) is 1. The smallest absolute Gasteiger partial charge is 0.142 e. The normalized spacial score (nSPS) is 11.5. The molecule has 0 aliphatic rings. The van der Waals surface area contributed by atoms with Crippen molar-refractivity contribution in [2.45, 2.75) is 0 Å². The second kappa shape index (κ2) is 3.56. The molecular weight excluding hydrogens is 146 g/mol. The number of allylic oxidation sites excluding steroid dienone is 1. The first-order valence-electron chi connectivity index (χ1n) is 3.66. The standard InChI is InChI=1S/C9H8O2/c10-7-1-2-8-3-5-9(11)6-4-8/h1-7,11H/b2-1+/i3+1,4+1,5+1,6+1,7D,8+1,9+1. The summed E-state index contributed by atoms with van der Waals surface area (Å²) in [5, 5.41) is 8.91. The van der Waals surface area contributed by atoms with Gasteiger partial charge in [0.25, 0.3) is 0 Å². The molecule has 1 rings (SSSR count). The van der Waals surface area contributed by atoms with Crippen molar-refractivity contribution in [2.75, 3.05) is 0 Å². The minimum absolute atomic E-state index is 0.185. The predicted molar refractivity (Wildman–Crippen MR) is 43.2 cm³/mol. The first kappa shape index (κ1) is 6.16. The van der Waals surface area contributed by atoms with Crippen molar-refractivity contribution in [1.82, 2.24) is 0 Å². The highest BCUT2D eigenvalue weighted by Gasteiger charge is 1.85. The molecule has 0 spiro atoms. The zero-order valence-corrected chi connectivity index (χ0v) is 5.82. The largest absolute Gasteiger partial charge is 0.508 e. The van der Waals surface area contributed by atoms with E-state index < -0.39 is 6.26 Å². The molecule has 0 saturated heterocycles. The van der Waals surface area contributed by atoms with Gasteiger partial charge in [-0.15, -0.1) is 0 Å². The van der Waals surface area contributed by atoms with Crippen LogP contribution < -0.4 is 0 Å². The van der Waals surface area contributed by atoms with Crippen LogP contribution >= 0.6 is 0 Å². The van der Waals surface area contributed by atoms with E-state index >= 15 is 0 Å². The Morgan fingerprint density at radius 2 is 2.00 bits per heavy atom. The van der Waals surface area contributed by atoms with E-state index in [4.69, 9.17) is 6.48 Å². The third-order valence-electron chi connectivity index (χ3n) is 1.24. The molecule has 0 amide bonds. The highest BCUT2D eigenvalue weighted by Crippen LogP contribution is 2.10. The van der Waals surface area contributed by atoms with Gasteiger partial charge in [0.2, 0.25) is 0 Å². The monoisotopic (exact) mass is 155 g/mol. The Labute approximate surface area is 66.2 Å². The number of phenols is 1. The summed E-state index contributed by atoms with van der Waals surface area (Å²) in [7, 11) is 0. The summed E-state index contributed by atoms with van der Waals surface area (Å²) in [6.07, 6.45) is 1.95. The summed E-state index contributed by atoms with van der Waals surface area (Å²) >= 11 is 0. The van der Waals surface area contributed by atoms with E-state index in [1.807, 2.05) is 0 Å². The number of benzene rings is 1. The molecule has 0 bridgehead atoms. The van der Waals surface area contributed by atoms with E-state index in [9.17, 15) is 4.79 Å². The van der Waals surface area contributed by atoms with Crippen molar-refractivity contribution in [2.24, 2.45) is 0 Å². The number of rotatable bonds is 2. The van der Waals surface area contributed by atoms with Gasteiger partial charge < -0.3 is 5.11 Å². The fourth-order valence-corrected chi connectivity index (χ4v) is 0.716. The summed E-state index contributed by atoms with van der Waals surface area (Å²) in [5.74, 6) is 0.185. The Hall–Kier alpha value is -1.57. The zero-order chi connectivity index (χ0) is 8.97. The lowest BCUT2D eigenvalue weighted by molar-refractivity contribution is -0.104. The van der Waals surface area contributed by atoms with Gasteiger partial charge in [-0.2, -0.15) is 0 Å². The molecule has 0 unspecified atom stereocenters. The van der Waals surface area contributed by atoms with Gasteiger partial charge in [-0.3, -0.25) is 4.79 Å². The molecular formula is C9H8O2. The zero-order valence-electron chi connectivity index (χ0n) is 6.82. The Kier molecular flexibility index (Phi) is 1.99. The van der Waals surface area contributed by atoms with E-state index in [1.165, 1.54) is 18.2 Å². The molecule has 0 radical (unpaired) electrons. The first-order valence-corrected chi connectivity index (χ1v) is 3.16. The predicted octanol–water partition coefficient (Wildman–Crippen LogP) is 1.60. The van der Waals surface area contributed by atoms with E-state index in [0.29, 0.717) is 0 Å². The summed E-state index contributed by atoms with van der Waals surface area (Å²) in [4.78, 5) is 10.2. The summed E-state index contributed by atoms with van der Waals surface area (Å²) < 4.78 is 6.59. The number of carbonyl (C=O) groups excluding carboxylic acids is 1. The summed E-state index contributed by atoms with van der Waals surface area (Å²) in [6, 6.07) is 6.37. The number of hydrogen-bond acceptors (Lipinski definition) is 2. The van der Waals surface area contributed by atoms with E-state index in [1.54, 1.807) is 12.1 Å². The Balaban J connectivity index is 2.77. The summed E-state index contributed by atoms with van der Waals surface area (Å²) in [6.45, 7) is 0. The lowest BCUT2D eigenvalue weighted by Crippen LogP contribution is -1.70. The van der Waals surface area contributed by atoms with Crippen LogP contribution in [0.5, 0.6) is 5.75 Å². The van der Waals surface area contributed by atoms with Crippen LogP contribution in [0.4, 0.5) is 0 Å². The van der Waals surface area contributed by atoms with Gasteiger partial charge in [0.1, 0.15) is 13.4 Å². The van der Waals surface area contributed by atoms with E-state index in [2.05, 4.69) is 0 Å². The van der Waals surface area contributed by atoms with Gasteiger partial charge in [0.15, 0.2) is 0 Å². The molecule has 0 aliphatic heterocycles. The average molecular weight is 155 g/mol. The first-order chi connectivity index (χ1) is 5.68. The van der Waals surface area contributed by atoms with Gasteiger partial charge in [-0.25, -0.2) is 0 Å². The van der Waals surface area contributed by atoms with Crippen molar-refractivity contribution in [3.05, 3.63) is 35.9 Å². The molecule has 0 aliphatic carbocycles. The van der Waals surface area contributed by atoms with Crippen LogP contribution in [0.25, 0.3) is 6.08 Å². The lowest BCUT2D eigenvalue weighted by Gasteiger charge is -1.91. The molecule has 0 saturated carbocycles. The molecule has 1 aromatic carbocycles. The van der Waals surface area contributed by atoms with Gasteiger partial charge in [0.05, 0.1) is 0 Å². The highest BCUT2D eigenvalue weighted by molar-refractivity contribution is 5.73. The molecule has 56 valence electrons. The fourth-order valence-electron chi connectivity index (χ4n) is 0.716. The molecule has 0 fully saturated rings. The van der Waals surface area contributed by atoms with Crippen molar-refractivity contribution < 1.29 is 11.3 Å². The molecule has 2 nitrogen and oxygen atoms in total. The Bertz CT molecular complexity index is 301. The lowest BCUT2D eigenvalue weighted by atomic mass is 10.6. The number of carbonyl (C=O) groups is 1. The maximum atomic E-state index is 10.2. The van der Waals surface area contributed by atoms with Crippen molar-refractivity contribution in [3.8, 4) is 5.75 Å². The number of phenolic OH excluding ortho intramolecular Hbond substituents is 1. The van der Waals surface area contributed by atoms with Crippen LogP contribution in [0.15, 0.2) is 30.3 Å². The maximum absolute atomic E-state index is 10.2. The molecule has 1 aromatic rings. The van der Waals surface area contributed by atoms with Crippen LogP contribution in [0.1, 0.15) is 6.93 Å². The van der Waals surface area contributed by atoms with Crippen LogP contribution in [-0.4, -0.2) is 11.4 Å². The average Bonchev–Trinajstić information content (AvgIpc) is 2.03. The fraction of sp³-hybridized carbons (Fsp3) is 0. The van der Waals surface area contributed by atoms with Crippen molar-refractivity contribution in [1.29, 1.82) is 0 Å². The molecule has 0 heterocycles. The van der Waals surface area contributed by atoms with Crippen LogP contribution in [0, 0.1) is 0 Å². The number of aromatic hydroxyl groups is 1. The Morgan fingerprint density at radius 3 is 2.55 bits per heavy atom. The maximum Gasteiger partial charge on any atom is 0.142 e. The molecule has 0 atom stereocenters. The van der Waals surface area contributed by atoms with E-state index in [0.717, 1.165) is 11.6 Å². The number of aldehydes is 1. The van der Waals surface area contributed by atoms with Crippen LogP contribution in [0.3, 0.4) is 0 Å². The Morgan fingerprint density at radius 1 is 1.36 bits per heavy atom. The molecule has 2 heteroatoms. The topological polar surface area (TPSA) is 37.3 Å². The van der Waals surface area contributed by atoms with Crippen molar-refractivity contribution >= 4 is 12.3 Å². The van der Waals surface area contributed by atoms with Gasteiger partial charge in [0, 0.05) is 0 Å². The molecule has 11 heavy (non-hydrogen) atoms. The summed E-state index contributed by atoms with van der Waals surface area (Å²) in [5.41, 5.74) is 0.786. The van der Waals surface area contributed by atoms with Gasteiger partial charge >= 0.3 is 0 Å². The van der Waals surface area contributed by atoms with Crippen LogP contribution in [-0.2, 0) is 4.79 Å². The van der Waals surface area contributed by atoms with Gasteiger partial charge in [-0.1, -0.05) is 18.2 Å². The SMILES string of the molecule is [2H]C(=O)/C=C/[13c]1[13cH][13cH][13c](O)[13cH][13cH]1. The minimum Gasteiger partial charge on any atom is -0.508 e. The molecule has 1 N–H and O–H groups in total. The van der Waals surface area contributed by atoms with E-state index in [-0.39, 0.29) is 5.75 Å². The van der Waals surface area contributed by atoms with Gasteiger partial charge in [-0.05, 0) is 23.8 Å². The third-order valence-corrected chi connectivity index (χ3v) is 1.24. The minimum atomic E-state index is -0.733. The second-order valence-corrected chi connectivity index (χ2v) is 2.04. The highest BCUT2D eigenvalue weighted by atomic mass is 16.3. The third kappa shape index (κ3) is 2.26. The van der Waals surface area contributed by atoms with Crippen LogP contribution in [0.2, 0.25) is 0 Å². The molecule has 0 aromatic heterocycles.